The molecule has 1 saturated carbocycles. The van der Waals surface area contributed by atoms with Crippen LogP contribution in [-0.4, -0.2) is 37.0 Å². The predicted molar refractivity (Wildman–Crippen MR) is 98.9 cm³/mol. The normalized spacial score (nSPS) is 22.8. The van der Waals surface area contributed by atoms with Gasteiger partial charge in [0.05, 0.1) is 12.5 Å². The minimum absolute atomic E-state index is 0. The molecule has 1 aromatic rings. The number of methoxy groups -OCH3 is 1. The van der Waals surface area contributed by atoms with E-state index in [0.29, 0.717) is 6.54 Å². The van der Waals surface area contributed by atoms with E-state index in [9.17, 15) is 4.79 Å². The summed E-state index contributed by atoms with van der Waals surface area (Å²) in [7, 11) is 1.69. The van der Waals surface area contributed by atoms with Crippen molar-refractivity contribution in [3.05, 3.63) is 29.3 Å². The third kappa shape index (κ3) is 3.40. The monoisotopic (exact) mass is 352 g/mol. The van der Waals surface area contributed by atoms with Gasteiger partial charge in [0.2, 0.25) is 5.91 Å². The molecule has 1 heterocycles. The zero-order valence-corrected chi connectivity index (χ0v) is 15.5. The molecule has 1 unspecified atom stereocenters. The Balaban J connectivity index is 0.00000208. The van der Waals surface area contributed by atoms with Crippen molar-refractivity contribution < 1.29 is 9.53 Å². The lowest BCUT2D eigenvalue weighted by molar-refractivity contribution is -0.138. The van der Waals surface area contributed by atoms with Crippen LogP contribution in [0.4, 0.5) is 0 Å². The number of nitrogens with two attached hydrogens (primary N) is 1. The van der Waals surface area contributed by atoms with Gasteiger partial charge >= 0.3 is 0 Å². The summed E-state index contributed by atoms with van der Waals surface area (Å²) in [5, 5.41) is 0. The van der Waals surface area contributed by atoms with Crippen molar-refractivity contribution in [2.75, 3.05) is 20.2 Å². The van der Waals surface area contributed by atoms with Crippen LogP contribution in [0, 0.1) is 6.92 Å². The Hall–Kier alpha value is -1.26. The molecule has 4 nitrogen and oxygen atoms in total. The molecule has 0 radical (unpaired) electrons. The first-order chi connectivity index (χ1) is 11.1. The molecule has 0 spiro atoms. The van der Waals surface area contributed by atoms with Gasteiger partial charge in [-0.2, -0.15) is 0 Å². The number of hydrogen-bond acceptors (Lipinski definition) is 3. The fourth-order valence-electron chi connectivity index (χ4n) is 4.22. The number of benzene rings is 1. The third-order valence-electron chi connectivity index (χ3n) is 5.57. The number of carbonyl (C=O) groups excluding carboxylic acids is 1. The Morgan fingerprint density at radius 1 is 1.29 bits per heavy atom. The number of aryl methyl sites for hydroxylation is 1. The number of nitrogens with zero attached hydrogens (tertiary/aromatic N) is 1. The van der Waals surface area contributed by atoms with Crippen LogP contribution in [0.2, 0.25) is 0 Å². The standard InChI is InChI=1S/C19H28N2O2.ClH/c1-14-7-8-15(12-17(14)23-2)19(9-3-4-10-19)18(22)21-11-5-6-16(20)13-21;/h7-8,12,16H,3-6,9-11,13,20H2,1-2H3;1H. The van der Waals surface area contributed by atoms with Gasteiger partial charge in [0.25, 0.3) is 0 Å². The van der Waals surface area contributed by atoms with E-state index in [1.54, 1.807) is 7.11 Å². The lowest BCUT2D eigenvalue weighted by Crippen LogP contribution is -2.52. The number of amides is 1. The molecule has 2 N–H and O–H groups in total. The summed E-state index contributed by atoms with van der Waals surface area (Å²) in [5.41, 5.74) is 7.94. The number of hydrogen-bond donors (Lipinski definition) is 1. The second-order valence-electron chi connectivity index (χ2n) is 7.13. The Bertz CT molecular complexity index is 585. The van der Waals surface area contributed by atoms with E-state index in [4.69, 9.17) is 10.5 Å². The third-order valence-corrected chi connectivity index (χ3v) is 5.57. The van der Waals surface area contributed by atoms with E-state index >= 15 is 0 Å². The highest BCUT2D eigenvalue weighted by Gasteiger charge is 2.45. The van der Waals surface area contributed by atoms with E-state index in [2.05, 4.69) is 18.2 Å². The van der Waals surface area contributed by atoms with Crippen LogP contribution in [0.5, 0.6) is 5.75 Å². The molecule has 2 fully saturated rings. The highest BCUT2D eigenvalue weighted by molar-refractivity contribution is 5.89. The minimum Gasteiger partial charge on any atom is -0.496 e. The SMILES string of the molecule is COc1cc(C2(C(=O)N3CCCC(N)C3)CCCC2)ccc1C.Cl. The number of halogens is 1. The van der Waals surface area contributed by atoms with Crippen LogP contribution in [0.15, 0.2) is 18.2 Å². The molecule has 24 heavy (non-hydrogen) atoms. The summed E-state index contributed by atoms with van der Waals surface area (Å²) in [4.78, 5) is 15.4. The van der Waals surface area contributed by atoms with Gasteiger partial charge in [-0.1, -0.05) is 25.0 Å². The smallest absolute Gasteiger partial charge is 0.233 e. The maximum Gasteiger partial charge on any atom is 0.233 e. The Morgan fingerprint density at radius 2 is 2.00 bits per heavy atom. The summed E-state index contributed by atoms with van der Waals surface area (Å²) < 4.78 is 5.49. The van der Waals surface area contributed by atoms with E-state index in [1.807, 2.05) is 11.8 Å². The molecule has 1 aliphatic carbocycles. The molecule has 1 saturated heterocycles. The van der Waals surface area contributed by atoms with Crippen LogP contribution in [0.3, 0.4) is 0 Å². The van der Waals surface area contributed by atoms with Gasteiger partial charge in [0, 0.05) is 19.1 Å². The maximum absolute atomic E-state index is 13.4. The highest BCUT2D eigenvalue weighted by Crippen LogP contribution is 2.44. The van der Waals surface area contributed by atoms with E-state index < -0.39 is 0 Å². The topological polar surface area (TPSA) is 55.6 Å². The Kier molecular flexibility index (Phi) is 6.16. The van der Waals surface area contributed by atoms with Crippen LogP contribution in [-0.2, 0) is 10.2 Å². The first-order valence-corrected chi connectivity index (χ1v) is 8.77. The van der Waals surface area contributed by atoms with Gasteiger partial charge in [-0.3, -0.25) is 4.79 Å². The first-order valence-electron chi connectivity index (χ1n) is 8.77. The second kappa shape index (κ2) is 7.75. The van der Waals surface area contributed by atoms with E-state index in [1.165, 1.54) is 0 Å². The Morgan fingerprint density at radius 3 is 2.62 bits per heavy atom. The van der Waals surface area contributed by atoms with Crippen molar-refractivity contribution in [2.45, 2.75) is 56.9 Å². The molecular weight excluding hydrogens is 324 g/mol. The predicted octanol–water partition coefficient (Wildman–Crippen LogP) is 3.19. The van der Waals surface area contributed by atoms with Gasteiger partial charge in [-0.25, -0.2) is 0 Å². The fraction of sp³-hybridized carbons (Fsp3) is 0.632. The van der Waals surface area contributed by atoms with E-state index in [-0.39, 0.29) is 29.8 Å². The largest absolute Gasteiger partial charge is 0.496 e. The molecule has 3 rings (SSSR count). The van der Waals surface area contributed by atoms with Crippen molar-refractivity contribution in [1.82, 2.24) is 4.90 Å². The Labute approximate surface area is 151 Å². The number of piperidine rings is 1. The maximum atomic E-state index is 13.4. The quantitative estimate of drug-likeness (QED) is 0.908. The molecule has 0 bridgehead atoms. The minimum atomic E-state index is -0.377. The average molecular weight is 353 g/mol. The zero-order chi connectivity index (χ0) is 16.4. The molecular formula is C19H29ClN2O2. The summed E-state index contributed by atoms with van der Waals surface area (Å²) in [5.74, 6) is 1.15. The molecule has 1 aliphatic heterocycles. The molecule has 134 valence electrons. The van der Waals surface area contributed by atoms with Crippen molar-refractivity contribution in [3.8, 4) is 5.75 Å². The van der Waals surface area contributed by atoms with Crippen molar-refractivity contribution in [3.63, 3.8) is 0 Å². The van der Waals surface area contributed by atoms with Gasteiger partial charge in [0.15, 0.2) is 0 Å². The molecule has 1 amide bonds. The number of carbonyl (C=O) groups is 1. The highest BCUT2D eigenvalue weighted by atomic mass is 35.5. The molecule has 0 aromatic heterocycles. The van der Waals surface area contributed by atoms with Crippen LogP contribution in [0.25, 0.3) is 0 Å². The molecule has 1 atom stereocenters. The fourth-order valence-corrected chi connectivity index (χ4v) is 4.22. The van der Waals surface area contributed by atoms with Gasteiger partial charge in [0.1, 0.15) is 5.75 Å². The summed E-state index contributed by atoms with van der Waals surface area (Å²) in [6.07, 6.45) is 6.13. The summed E-state index contributed by atoms with van der Waals surface area (Å²) >= 11 is 0. The number of rotatable bonds is 3. The number of ether oxygens (including phenoxy) is 1. The number of likely N-dealkylation sites (tertiary alicyclic amines) is 1. The van der Waals surface area contributed by atoms with Gasteiger partial charge < -0.3 is 15.4 Å². The van der Waals surface area contributed by atoms with Crippen molar-refractivity contribution in [1.29, 1.82) is 0 Å². The lowest BCUT2D eigenvalue weighted by Gasteiger charge is -2.38. The van der Waals surface area contributed by atoms with Crippen molar-refractivity contribution >= 4 is 18.3 Å². The second-order valence-corrected chi connectivity index (χ2v) is 7.13. The zero-order valence-electron chi connectivity index (χ0n) is 14.7. The molecule has 2 aliphatic rings. The van der Waals surface area contributed by atoms with Crippen molar-refractivity contribution in [2.24, 2.45) is 5.73 Å². The van der Waals surface area contributed by atoms with Crippen LogP contribution in [0.1, 0.15) is 49.7 Å². The molecule has 1 aromatic carbocycles. The van der Waals surface area contributed by atoms with E-state index in [0.717, 1.165) is 61.9 Å². The van der Waals surface area contributed by atoms with Gasteiger partial charge in [-0.05, 0) is 49.8 Å². The van der Waals surface area contributed by atoms with Crippen LogP contribution >= 0.6 is 12.4 Å². The lowest BCUT2D eigenvalue weighted by atomic mass is 9.76. The first kappa shape index (κ1) is 19.1. The molecule has 5 heteroatoms. The van der Waals surface area contributed by atoms with Gasteiger partial charge in [-0.15, -0.1) is 12.4 Å². The summed E-state index contributed by atoms with van der Waals surface area (Å²) in [6.45, 7) is 3.58. The summed E-state index contributed by atoms with van der Waals surface area (Å²) in [6, 6.07) is 6.38. The average Bonchev–Trinajstić information content (AvgIpc) is 3.05. The van der Waals surface area contributed by atoms with Crippen LogP contribution < -0.4 is 10.5 Å².